The lowest BCUT2D eigenvalue weighted by molar-refractivity contribution is -0.147. The standard InChI is InChI=1S/C27H53NO4/c1-7-9-10-11-12-13-14-15-16-17-18-19-20-21-31-25(29)24(23(3)8-2)28-26(30)32-22-27(4,5)6/h23-24H,7-22H2,1-6H3,(H,28,30). The van der Waals surface area contributed by atoms with E-state index in [1.54, 1.807) is 0 Å². The highest BCUT2D eigenvalue weighted by Gasteiger charge is 2.28. The molecule has 5 nitrogen and oxygen atoms in total. The maximum Gasteiger partial charge on any atom is 0.407 e. The largest absolute Gasteiger partial charge is 0.464 e. The van der Waals surface area contributed by atoms with Crippen molar-refractivity contribution in [1.82, 2.24) is 5.32 Å². The highest BCUT2D eigenvalue weighted by atomic mass is 16.6. The molecule has 1 amide bonds. The lowest BCUT2D eigenvalue weighted by Gasteiger charge is -2.24. The van der Waals surface area contributed by atoms with Gasteiger partial charge in [0.15, 0.2) is 0 Å². The number of carbonyl (C=O) groups excluding carboxylic acids is 2. The van der Waals surface area contributed by atoms with E-state index in [1.807, 2.05) is 34.6 Å². The molecule has 0 aliphatic heterocycles. The number of nitrogens with one attached hydrogen (secondary N) is 1. The van der Waals surface area contributed by atoms with Crippen LogP contribution in [0.1, 0.15) is 131 Å². The van der Waals surface area contributed by atoms with E-state index < -0.39 is 12.1 Å². The summed E-state index contributed by atoms with van der Waals surface area (Å²) in [5.41, 5.74) is -0.113. The summed E-state index contributed by atoms with van der Waals surface area (Å²) in [6.45, 7) is 12.9. The van der Waals surface area contributed by atoms with Crippen molar-refractivity contribution in [3.8, 4) is 0 Å². The molecule has 0 bridgehead atoms. The number of carbonyl (C=O) groups is 2. The van der Waals surface area contributed by atoms with Crippen molar-refractivity contribution >= 4 is 12.1 Å². The molecule has 2 atom stereocenters. The Morgan fingerprint density at radius 2 is 1.22 bits per heavy atom. The van der Waals surface area contributed by atoms with E-state index in [1.165, 1.54) is 70.6 Å². The predicted molar refractivity (Wildman–Crippen MR) is 134 cm³/mol. The number of esters is 1. The molecule has 0 aromatic rings. The van der Waals surface area contributed by atoms with Gasteiger partial charge >= 0.3 is 12.1 Å². The zero-order valence-corrected chi connectivity index (χ0v) is 22.1. The first-order chi connectivity index (χ1) is 15.2. The lowest BCUT2D eigenvalue weighted by atomic mass is 9.98. The van der Waals surface area contributed by atoms with E-state index in [-0.39, 0.29) is 17.3 Å². The van der Waals surface area contributed by atoms with Crippen LogP contribution in [0.5, 0.6) is 0 Å². The van der Waals surface area contributed by atoms with E-state index in [0.717, 1.165) is 19.3 Å². The Kier molecular flexibility index (Phi) is 18.5. The molecule has 0 spiro atoms. The summed E-state index contributed by atoms with van der Waals surface area (Å²) in [7, 11) is 0. The molecule has 0 heterocycles. The normalized spacial score (nSPS) is 13.4. The van der Waals surface area contributed by atoms with Gasteiger partial charge in [-0.25, -0.2) is 9.59 Å². The van der Waals surface area contributed by atoms with Gasteiger partial charge in [0.25, 0.3) is 0 Å². The maximum absolute atomic E-state index is 12.5. The SMILES string of the molecule is CCCCCCCCCCCCCCCOC(=O)C(NC(=O)OCC(C)(C)C)C(C)CC. The summed E-state index contributed by atoms with van der Waals surface area (Å²) in [4.78, 5) is 24.6. The molecular weight excluding hydrogens is 402 g/mol. The number of ether oxygens (including phenoxy) is 2. The number of hydrogen-bond donors (Lipinski definition) is 1. The number of hydrogen-bond acceptors (Lipinski definition) is 4. The average molecular weight is 456 g/mol. The number of unbranched alkanes of at least 4 members (excludes halogenated alkanes) is 12. The van der Waals surface area contributed by atoms with E-state index in [4.69, 9.17) is 9.47 Å². The summed E-state index contributed by atoms with van der Waals surface area (Å²) < 4.78 is 10.7. The van der Waals surface area contributed by atoms with Crippen molar-refractivity contribution in [1.29, 1.82) is 0 Å². The molecule has 0 saturated heterocycles. The van der Waals surface area contributed by atoms with E-state index >= 15 is 0 Å². The molecule has 0 aliphatic carbocycles. The first-order valence-electron chi connectivity index (χ1n) is 13.3. The maximum atomic E-state index is 12.5. The van der Waals surface area contributed by atoms with Gasteiger partial charge in [0, 0.05) is 0 Å². The van der Waals surface area contributed by atoms with Crippen molar-refractivity contribution in [3.63, 3.8) is 0 Å². The minimum atomic E-state index is -0.658. The Bertz CT molecular complexity index is 473. The predicted octanol–water partition coefficient (Wildman–Crippen LogP) is 7.81. The number of amides is 1. The monoisotopic (exact) mass is 455 g/mol. The molecule has 0 radical (unpaired) electrons. The van der Waals surface area contributed by atoms with Crippen molar-refractivity contribution in [3.05, 3.63) is 0 Å². The number of rotatable bonds is 19. The van der Waals surface area contributed by atoms with E-state index in [0.29, 0.717) is 13.2 Å². The highest BCUT2D eigenvalue weighted by molar-refractivity contribution is 5.81. The topological polar surface area (TPSA) is 64.6 Å². The summed E-state index contributed by atoms with van der Waals surface area (Å²) in [6, 6.07) is -0.658. The van der Waals surface area contributed by atoms with Gasteiger partial charge in [0.1, 0.15) is 6.04 Å². The van der Waals surface area contributed by atoms with Crippen LogP contribution in [0.25, 0.3) is 0 Å². The van der Waals surface area contributed by atoms with Crippen LogP contribution in [-0.2, 0) is 14.3 Å². The van der Waals surface area contributed by atoms with Gasteiger partial charge in [-0.15, -0.1) is 0 Å². The fourth-order valence-corrected chi connectivity index (χ4v) is 3.50. The Labute approximate surface area is 198 Å². The fourth-order valence-electron chi connectivity index (χ4n) is 3.50. The first-order valence-corrected chi connectivity index (χ1v) is 13.3. The van der Waals surface area contributed by atoms with Crippen LogP contribution in [0.2, 0.25) is 0 Å². The average Bonchev–Trinajstić information content (AvgIpc) is 2.75. The second kappa shape index (κ2) is 19.2. The number of alkyl carbamates (subject to hydrolysis) is 1. The summed E-state index contributed by atoms with van der Waals surface area (Å²) >= 11 is 0. The molecule has 1 N–H and O–H groups in total. The van der Waals surface area contributed by atoms with Crippen LogP contribution >= 0.6 is 0 Å². The molecule has 0 aromatic heterocycles. The van der Waals surface area contributed by atoms with Crippen molar-refractivity contribution in [2.24, 2.45) is 11.3 Å². The van der Waals surface area contributed by atoms with Gasteiger partial charge in [-0.1, -0.05) is 125 Å². The van der Waals surface area contributed by atoms with Crippen LogP contribution < -0.4 is 5.32 Å². The molecule has 0 aliphatic rings. The molecule has 190 valence electrons. The zero-order valence-electron chi connectivity index (χ0n) is 22.1. The molecule has 0 fully saturated rings. The molecule has 0 saturated carbocycles. The van der Waals surface area contributed by atoms with Crippen molar-refractivity contribution in [2.45, 2.75) is 137 Å². The fraction of sp³-hybridized carbons (Fsp3) is 0.926. The minimum absolute atomic E-state index is 0.00340. The third-order valence-corrected chi connectivity index (χ3v) is 5.87. The first kappa shape index (κ1) is 30.7. The van der Waals surface area contributed by atoms with Gasteiger partial charge < -0.3 is 14.8 Å². The smallest absolute Gasteiger partial charge is 0.407 e. The third kappa shape index (κ3) is 18.3. The minimum Gasteiger partial charge on any atom is -0.464 e. The second-order valence-electron chi connectivity index (χ2n) is 10.6. The molecular formula is C27H53NO4. The van der Waals surface area contributed by atoms with E-state index in [9.17, 15) is 9.59 Å². The van der Waals surface area contributed by atoms with E-state index in [2.05, 4.69) is 12.2 Å². The molecule has 0 aromatic carbocycles. The Morgan fingerprint density at radius 1 is 0.750 bits per heavy atom. The molecule has 5 heteroatoms. The van der Waals surface area contributed by atoms with Crippen LogP contribution in [0.4, 0.5) is 4.79 Å². The summed E-state index contributed by atoms with van der Waals surface area (Å²) in [6.07, 6.45) is 16.9. The van der Waals surface area contributed by atoms with Crippen molar-refractivity contribution < 1.29 is 19.1 Å². The summed E-state index contributed by atoms with van der Waals surface area (Å²) in [5, 5.41) is 2.70. The lowest BCUT2D eigenvalue weighted by Crippen LogP contribution is -2.46. The van der Waals surface area contributed by atoms with Crippen molar-refractivity contribution in [2.75, 3.05) is 13.2 Å². The third-order valence-electron chi connectivity index (χ3n) is 5.87. The Hall–Kier alpha value is -1.26. The van der Waals surface area contributed by atoms with Gasteiger partial charge in [0.05, 0.1) is 13.2 Å². The van der Waals surface area contributed by atoms with Gasteiger partial charge in [0.2, 0.25) is 0 Å². The Balaban J connectivity index is 3.87. The molecule has 32 heavy (non-hydrogen) atoms. The van der Waals surface area contributed by atoms with Gasteiger partial charge in [-0.2, -0.15) is 0 Å². The molecule has 2 unspecified atom stereocenters. The second-order valence-corrected chi connectivity index (χ2v) is 10.6. The summed E-state index contributed by atoms with van der Waals surface area (Å²) in [5.74, 6) is -0.359. The van der Waals surface area contributed by atoms with Gasteiger partial charge in [-0.3, -0.25) is 0 Å². The van der Waals surface area contributed by atoms with Crippen LogP contribution in [0, 0.1) is 11.3 Å². The van der Waals surface area contributed by atoms with Crippen LogP contribution in [0.15, 0.2) is 0 Å². The Morgan fingerprint density at radius 3 is 1.66 bits per heavy atom. The van der Waals surface area contributed by atoms with Gasteiger partial charge in [-0.05, 0) is 17.8 Å². The zero-order chi connectivity index (χ0) is 24.2. The molecule has 0 rings (SSSR count). The highest BCUT2D eigenvalue weighted by Crippen LogP contribution is 2.15. The van der Waals surface area contributed by atoms with Crippen LogP contribution in [-0.4, -0.2) is 31.3 Å². The quantitative estimate of drug-likeness (QED) is 0.159. The van der Waals surface area contributed by atoms with Crippen LogP contribution in [0.3, 0.4) is 0 Å².